The number of aromatic amines is 1. The van der Waals surface area contributed by atoms with Crippen LogP contribution in [0.4, 0.5) is 0 Å². The summed E-state index contributed by atoms with van der Waals surface area (Å²) in [5, 5.41) is 8.59. The Labute approximate surface area is 196 Å². The van der Waals surface area contributed by atoms with Crippen LogP contribution < -0.4 is 5.56 Å². The van der Waals surface area contributed by atoms with Gasteiger partial charge in [-0.15, -0.1) is 10.2 Å². The summed E-state index contributed by atoms with van der Waals surface area (Å²) in [4.78, 5) is 31.3. The lowest BCUT2D eigenvalue weighted by atomic mass is 9.99. The van der Waals surface area contributed by atoms with Crippen molar-refractivity contribution in [3.8, 4) is 0 Å². The number of amides is 1. The second-order valence-electron chi connectivity index (χ2n) is 9.30. The number of aryl methyl sites for hydroxylation is 1. The quantitative estimate of drug-likeness (QED) is 0.500. The number of H-pyrrole nitrogens is 1. The van der Waals surface area contributed by atoms with E-state index in [-0.39, 0.29) is 23.0 Å². The van der Waals surface area contributed by atoms with Gasteiger partial charge in [0.25, 0.3) is 11.5 Å². The van der Waals surface area contributed by atoms with E-state index >= 15 is 0 Å². The molecule has 0 radical (unpaired) electrons. The molecule has 2 aromatic heterocycles. The lowest BCUT2D eigenvalue weighted by Crippen LogP contribution is -2.33. The molecule has 0 atom stereocenters. The normalized spacial score (nSPS) is 17.1. The van der Waals surface area contributed by atoms with Crippen molar-refractivity contribution >= 4 is 22.6 Å². The molecule has 0 aliphatic carbocycles. The molecule has 6 rings (SSSR count). The lowest BCUT2D eigenvalue weighted by Gasteiger charge is -2.22. The maximum atomic E-state index is 13.7. The van der Waals surface area contributed by atoms with Crippen molar-refractivity contribution in [1.82, 2.24) is 24.5 Å². The third-order valence-electron chi connectivity index (χ3n) is 7.25. The first-order valence-corrected chi connectivity index (χ1v) is 12.0. The zero-order valence-electron chi connectivity index (χ0n) is 19.2. The highest BCUT2D eigenvalue weighted by Gasteiger charge is 2.26. The van der Waals surface area contributed by atoms with Gasteiger partial charge < -0.3 is 14.6 Å². The van der Waals surface area contributed by atoms with E-state index in [1.54, 1.807) is 0 Å². The first-order chi connectivity index (χ1) is 16.6. The highest BCUT2D eigenvalue weighted by atomic mass is 16.5. The molecule has 4 aromatic rings. The molecule has 34 heavy (non-hydrogen) atoms. The van der Waals surface area contributed by atoms with Gasteiger partial charge in [0.15, 0.2) is 0 Å². The Balaban J connectivity index is 1.43. The second kappa shape index (κ2) is 8.36. The third kappa shape index (κ3) is 3.49. The Hall–Kier alpha value is -3.52. The summed E-state index contributed by atoms with van der Waals surface area (Å²) in [6, 6.07) is 12.2. The number of nitrogens with one attached hydrogen (secondary N) is 1. The van der Waals surface area contributed by atoms with Crippen LogP contribution in [0.1, 0.15) is 51.6 Å². The minimum absolute atomic E-state index is 0.0206. The summed E-state index contributed by atoms with van der Waals surface area (Å²) < 4.78 is 7.36. The number of carbonyl (C=O) groups excluding carboxylic acids is 1. The van der Waals surface area contributed by atoms with E-state index in [4.69, 9.17) is 4.74 Å². The van der Waals surface area contributed by atoms with Gasteiger partial charge in [0.05, 0.1) is 11.0 Å². The molecule has 174 valence electrons. The number of nitrogens with zero attached hydrogens (tertiary/aromatic N) is 4. The van der Waals surface area contributed by atoms with Gasteiger partial charge in [-0.05, 0) is 61.4 Å². The molecule has 0 unspecified atom stereocenters. The van der Waals surface area contributed by atoms with Crippen molar-refractivity contribution < 1.29 is 9.53 Å². The zero-order chi connectivity index (χ0) is 23.2. The van der Waals surface area contributed by atoms with Crippen LogP contribution in [0.2, 0.25) is 0 Å². The van der Waals surface area contributed by atoms with Crippen molar-refractivity contribution in [1.29, 1.82) is 0 Å². The molecule has 0 bridgehead atoms. The summed E-state index contributed by atoms with van der Waals surface area (Å²) in [5.74, 6) is 0.951. The molecule has 1 fully saturated rings. The molecular weight excluding hydrogens is 430 g/mol. The molecule has 8 heteroatoms. The Bertz CT molecular complexity index is 1440. The molecule has 0 saturated carbocycles. The molecular formula is C26H27N5O3. The number of carbonyl (C=O) groups is 1. The molecule has 1 amide bonds. The highest BCUT2D eigenvalue weighted by Crippen LogP contribution is 2.28. The monoisotopic (exact) mass is 457 g/mol. The Kier molecular flexibility index (Phi) is 5.17. The van der Waals surface area contributed by atoms with Crippen LogP contribution >= 0.6 is 0 Å². The molecule has 2 aliphatic rings. The van der Waals surface area contributed by atoms with Crippen LogP contribution in [0.5, 0.6) is 0 Å². The standard InChI is InChI=1S/C26H27N5O3/c1-16-14-21-22(31-23(19-8-12-34-13-9-19)28-29-24(31)25(32)27-21)15-20(16)26(33)30-10-6-17-4-2-3-5-18(17)7-11-30/h2-5,14-15,19H,6-13H2,1H3,(H,27,32). The summed E-state index contributed by atoms with van der Waals surface area (Å²) in [6.45, 7) is 4.64. The first kappa shape index (κ1) is 21.0. The van der Waals surface area contributed by atoms with Crippen LogP contribution in [-0.2, 0) is 17.6 Å². The van der Waals surface area contributed by atoms with E-state index < -0.39 is 0 Å². The number of aromatic nitrogens is 4. The summed E-state index contributed by atoms with van der Waals surface area (Å²) in [6.07, 6.45) is 3.37. The number of hydrogen-bond donors (Lipinski definition) is 1. The molecule has 2 aliphatic heterocycles. The fraction of sp³-hybridized carbons (Fsp3) is 0.385. The van der Waals surface area contributed by atoms with Gasteiger partial charge in [0, 0.05) is 37.8 Å². The number of benzene rings is 2. The fourth-order valence-electron chi connectivity index (χ4n) is 5.33. The maximum Gasteiger partial charge on any atom is 0.294 e. The van der Waals surface area contributed by atoms with E-state index in [9.17, 15) is 9.59 Å². The van der Waals surface area contributed by atoms with Crippen molar-refractivity contribution in [2.75, 3.05) is 26.3 Å². The van der Waals surface area contributed by atoms with Gasteiger partial charge in [-0.25, -0.2) is 0 Å². The molecule has 1 saturated heterocycles. The predicted molar refractivity (Wildman–Crippen MR) is 128 cm³/mol. The van der Waals surface area contributed by atoms with E-state index in [0.717, 1.165) is 42.6 Å². The van der Waals surface area contributed by atoms with Crippen LogP contribution in [0.15, 0.2) is 41.2 Å². The van der Waals surface area contributed by atoms with Gasteiger partial charge in [0.1, 0.15) is 5.82 Å². The Morgan fingerprint density at radius 2 is 1.76 bits per heavy atom. The van der Waals surface area contributed by atoms with Crippen molar-refractivity contribution in [2.45, 2.75) is 38.5 Å². The third-order valence-corrected chi connectivity index (χ3v) is 7.25. The lowest BCUT2D eigenvalue weighted by molar-refractivity contribution is 0.0762. The van der Waals surface area contributed by atoms with E-state index in [1.165, 1.54) is 11.1 Å². The zero-order valence-corrected chi connectivity index (χ0v) is 19.2. The van der Waals surface area contributed by atoms with Crippen molar-refractivity contribution in [2.24, 2.45) is 0 Å². The summed E-state index contributed by atoms with van der Waals surface area (Å²) in [7, 11) is 0. The fourth-order valence-corrected chi connectivity index (χ4v) is 5.33. The largest absolute Gasteiger partial charge is 0.381 e. The number of hydrogen-bond acceptors (Lipinski definition) is 5. The number of ether oxygens (including phenoxy) is 1. The number of rotatable bonds is 2. The van der Waals surface area contributed by atoms with E-state index in [0.29, 0.717) is 37.4 Å². The Morgan fingerprint density at radius 3 is 2.47 bits per heavy atom. The first-order valence-electron chi connectivity index (χ1n) is 12.0. The predicted octanol–water partition coefficient (Wildman–Crippen LogP) is 3.01. The average Bonchev–Trinajstić information content (AvgIpc) is 3.19. The van der Waals surface area contributed by atoms with Crippen LogP contribution in [-0.4, -0.2) is 56.7 Å². The molecule has 1 N–H and O–H groups in total. The highest BCUT2D eigenvalue weighted by molar-refractivity contribution is 5.99. The van der Waals surface area contributed by atoms with Gasteiger partial charge in [0.2, 0.25) is 5.65 Å². The topological polar surface area (TPSA) is 92.6 Å². The maximum absolute atomic E-state index is 13.7. The average molecular weight is 458 g/mol. The van der Waals surface area contributed by atoms with Gasteiger partial charge in [-0.3, -0.25) is 14.0 Å². The van der Waals surface area contributed by atoms with E-state index in [2.05, 4.69) is 39.4 Å². The molecule has 0 spiro atoms. The van der Waals surface area contributed by atoms with Gasteiger partial charge in [-0.1, -0.05) is 24.3 Å². The van der Waals surface area contributed by atoms with Crippen LogP contribution in [0, 0.1) is 6.92 Å². The minimum atomic E-state index is -0.276. The van der Waals surface area contributed by atoms with Gasteiger partial charge in [-0.2, -0.15) is 0 Å². The van der Waals surface area contributed by atoms with Crippen molar-refractivity contribution in [3.63, 3.8) is 0 Å². The minimum Gasteiger partial charge on any atom is -0.381 e. The second-order valence-corrected chi connectivity index (χ2v) is 9.30. The van der Waals surface area contributed by atoms with Crippen LogP contribution in [0.3, 0.4) is 0 Å². The number of fused-ring (bicyclic) bond motifs is 4. The van der Waals surface area contributed by atoms with Crippen molar-refractivity contribution in [3.05, 3.63) is 74.8 Å². The summed E-state index contributed by atoms with van der Waals surface area (Å²) >= 11 is 0. The molecule has 8 nitrogen and oxygen atoms in total. The van der Waals surface area contributed by atoms with Crippen LogP contribution in [0.25, 0.3) is 16.7 Å². The summed E-state index contributed by atoms with van der Waals surface area (Å²) in [5.41, 5.74) is 5.56. The molecule has 2 aromatic carbocycles. The molecule has 4 heterocycles. The Morgan fingerprint density at radius 1 is 1.06 bits per heavy atom. The SMILES string of the molecule is Cc1cc2[nH]c(=O)c3nnc(C4CCOCC4)n3c2cc1C(=O)N1CCc2ccccc2CC1. The van der Waals surface area contributed by atoms with Gasteiger partial charge >= 0.3 is 0 Å². The smallest absolute Gasteiger partial charge is 0.294 e. The van der Waals surface area contributed by atoms with E-state index in [1.807, 2.05) is 28.4 Å².